The van der Waals surface area contributed by atoms with E-state index in [9.17, 15) is 8.42 Å². The van der Waals surface area contributed by atoms with Crippen LogP contribution in [0.5, 0.6) is 0 Å². The molecule has 0 amide bonds. The zero-order valence-electron chi connectivity index (χ0n) is 9.90. The van der Waals surface area contributed by atoms with Crippen molar-refractivity contribution in [2.45, 2.75) is 13.0 Å². The van der Waals surface area contributed by atoms with E-state index < -0.39 is 10.0 Å². The summed E-state index contributed by atoms with van der Waals surface area (Å²) in [5.74, 6) is 0. The van der Waals surface area contributed by atoms with E-state index in [-0.39, 0.29) is 6.04 Å². The van der Waals surface area contributed by atoms with Crippen LogP contribution in [0.1, 0.15) is 18.5 Å². The Labute approximate surface area is 111 Å². The molecule has 96 valence electrons. The largest absolute Gasteiger partial charge is 0.309 e. The molecule has 0 saturated heterocycles. The van der Waals surface area contributed by atoms with Crippen molar-refractivity contribution >= 4 is 26.0 Å². The summed E-state index contributed by atoms with van der Waals surface area (Å²) in [7, 11) is -3.09. The van der Waals surface area contributed by atoms with E-state index in [2.05, 4.69) is 26.0 Å². The Bertz CT molecular complexity index is 445. The summed E-state index contributed by atoms with van der Waals surface area (Å²) in [5.41, 5.74) is 1.17. The van der Waals surface area contributed by atoms with Gasteiger partial charge in [-0.2, -0.15) is 0 Å². The van der Waals surface area contributed by atoms with Crippen LogP contribution in [-0.2, 0) is 10.0 Å². The monoisotopic (exact) mass is 320 g/mol. The van der Waals surface area contributed by atoms with Crippen LogP contribution in [0.15, 0.2) is 28.7 Å². The normalized spacial score (nSPS) is 13.6. The Morgan fingerprint density at radius 1 is 1.24 bits per heavy atom. The highest BCUT2D eigenvalue weighted by Crippen LogP contribution is 2.15. The van der Waals surface area contributed by atoms with Gasteiger partial charge in [-0.05, 0) is 24.6 Å². The molecule has 0 aliphatic heterocycles. The van der Waals surface area contributed by atoms with Crippen molar-refractivity contribution in [3.63, 3.8) is 0 Å². The number of nitrogens with one attached hydrogen (secondary N) is 2. The average Bonchev–Trinajstić information content (AvgIpc) is 2.24. The lowest BCUT2D eigenvalue weighted by atomic mass is 10.1. The minimum absolute atomic E-state index is 0.199. The van der Waals surface area contributed by atoms with Crippen molar-refractivity contribution in [2.24, 2.45) is 0 Å². The van der Waals surface area contributed by atoms with Gasteiger partial charge in [-0.25, -0.2) is 13.1 Å². The topological polar surface area (TPSA) is 58.2 Å². The molecule has 1 aromatic carbocycles. The van der Waals surface area contributed by atoms with Crippen molar-refractivity contribution in [1.82, 2.24) is 10.0 Å². The zero-order valence-corrected chi connectivity index (χ0v) is 12.3. The van der Waals surface area contributed by atoms with Gasteiger partial charge in [0, 0.05) is 23.6 Å². The summed E-state index contributed by atoms with van der Waals surface area (Å²) >= 11 is 3.38. The molecule has 0 fully saturated rings. The van der Waals surface area contributed by atoms with Crippen molar-refractivity contribution in [3.05, 3.63) is 34.3 Å². The standard InChI is InChI=1S/C11H17BrN2O2S/c1-9(10-3-5-11(12)6-4-10)13-7-8-14-17(2,15)16/h3-6,9,13-14H,7-8H2,1-2H3. The molecule has 0 aliphatic carbocycles. The predicted octanol–water partition coefficient (Wildman–Crippen LogP) is 1.65. The van der Waals surface area contributed by atoms with Crippen LogP contribution in [0.25, 0.3) is 0 Å². The lowest BCUT2D eigenvalue weighted by molar-refractivity contribution is 0.556. The van der Waals surface area contributed by atoms with E-state index in [1.165, 1.54) is 5.56 Å². The number of halogens is 1. The summed E-state index contributed by atoms with van der Waals surface area (Å²) < 4.78 is 25.2. The number of hydrogen-bond donors (Lipinski definition) is 2. The maximum atomic E-state index is 10.8. The maximum absolute atomic E-state index is 10.8. The maximum Gasteiger partial charge on any atom is 0.208 e. The summed E-state index contributed by atoms with van der Waals surface area (Å²) in [6.45, 7) is 3.05. The van der Waals surface area contributed by atoms with Gasteiger partial charge in [-0.15, -0.1) is 0 Å². The molecular formula is C11H17BrN2O2S. The zero-order chi connectivity index (χ0) is 12.9. The number of rotatable bonds is 6. The molecule has 0 aromatic heterocycles. The molecule has 17 heavy (non-hydrogen) atoms. The Morgan fingerprint density at radius 3 is 2.35 bits per heavy atom. The lowest BCUT2D eigenvalue weighted by Gasteiger charge is -2.14. The van der Waals surface area contributed by atoms with Gasteiger partial charge in [0.1, 0.15) is 0 Å². The number of hydrogen-bond acceptors (Lipinski definition) is 3. The van der Waals surface area contributed by atoms with Crippen LogP contribution in [-0.4, -0.2) is 27.8 Å². The molecule has 1 atom stereocenters. The van der Waals surface area contributed by atoms with Gasteiger partial charge >= 0.3 is 0 Å². The van der Waals surface area contributed by atoms with E-state index in [1.54, 1.807) is 0 Å². The fourth-order valence-corrected chi connectivity index (χ4v) is 2.13. The third-order valence-electron chi connectivity index (χ3n) is 2.31. The second-order valence-corrected chi connectivity index (χ2v) is 6.64. The molecule has 0 saturated carbocycles. The fraction of sp³-hybridized carbons (Fsp3) is 0.455. The molecular weight excluding hydrogens is 304 g/mol. The third-order valence-corrected chi connectivity index (χ3v) is 3.57. The highest BCUT2D eigenvalue weighted by atomic mass is 79.9. The van der Waals surface area contributed by atoms with E-state index in [0.717, 1.165) is 10.7 Å². The Morgan fingerprint density at radius 2 is 1.82 bits per heavy atom. The molecule has 0 bridgehead atoms. The predicted molar refractivity (Wildman–Crippen MR) is 73.4 cm³/mol. The first-order chi connectivity index (χ1) is 7.88. The van der Waals surface area contributed by atoms with Crippen LogP contribution in [0.2, 0.25) is 0 Å². The highest BCUT2D eigenvalue weighted by Gasteiger charge is 2.04. The lowest BCUT2D eigenvalue weighted by Crippen LogP contribution is -2.32. The molecule has 0 spiro atoms. The Kier molecular flexibility index (Phi) is 5.58. The minimum atomic E-state index is -3.09. The first kappa shape index (κ1) is 14.6. The molecule has 4 nitrogen and oxygen atoms in total. The summed E-state index contributed by atoms with van der Waals surface area (Å²) in [5, 5.41) is 3.25. The first-order valence-electron chi connectivity index (χ1n) is 5.32. The fourth-order valence-electron chi connectivity index (χ4n) is 1.39. The van der Waals surface area contributed by atoms with E-state index in [4.69, 9.17) is 0 Å². The second kappa shape index (κ2) is 6.49. The molecule has 1 aromatic rings. The summed E-state index contributed by atoms with van der Waals surface area (Å²) in [4.78, 5) is 0. The van der Waals surface area contributed by atoms with Crippen LogP contribution in [0.3, 0.4) is 0 Å². The van der Waals surface area contributed by atoms with Gasteiger partial charge in [0.05, 0.1) is 6.26 Å². The quantitative estimate of drug-likeness (QED) is 0.783. The van der Waals surface area contributed by atoms with Gasteiger partial charge in [0.25, 0.3) is 0 Å². The Balaban J connectivity index is 2.35. The van der Waals surface area contributed by atoms with Gasteiger partial charge in [-0.3, -0.25) is 0 Å². The molecule has 0 radical (unpaired) electrons. The molecule has 6 heteroatoms. The van der Waals surface area contributed by atoms with Crippen LogP contribution >= 0.6 is 15.9 Å². The van der Waals surface area contributed by atoms with Crippen LogP contribution < -0.4 is 10.0 Å². The van der Waals surface area contributed by atoms with Crippen molar-refractivity contribution in [2.75, 3.05) is 19.3 Å². The second-order valence-electron chi connectivity index (χ2n) is 3.89. The van der Waals surface area contributed by atoms with Gasteiger partial charge in [-0.1, -0.05) is 28.1 Å². The van der Waals surface area contributed by atoms with E-state index in [1.807, 2.05) is 31.2 Å². The third kappa shape index (κ3) is 6.16. The number of sulfonamides is 1. The van der Waals surface area contributed by atoms with Crippen molar-refractivity contribution in [1.29, 1.82) is 0 Å². The highest BCUT2D eigenvalue weighted by molar-refractivity contribution is 9.10. The SMILES string of the molecule is CC(NCCNS(C)(=O)=O)c1ccc(Br)cc1. The van der Waals surface area contributed by atoms with Gasteiger partial charge in [0.2, 0.25) is 10.0 Å². The molecule has 0 heterocycles. The Hall–Kier alpha value is -0.430. The molecule has 1 unspecified atom stereocenters. The van der Waals surface area contributed by atoms with Gasteiger partial charge < -0.3 is 5.32 Å². The van der Waals surface area contributed by atoms with Crippen LogP contribution in [0.4, 0.5) is 0 Å². The minimum Gasteiger partial charge on any atom is -0.309 e. The van der Waals surface area contributed by atoms with E-state index >= 15 is 0 Å². The summed E-state index contributed by atoms with van der Waals surface area (Å²) in [6, 6.07) is 8.24. The van der Waals surface area contributed by atoms with E-state index in [0.29, 0.717) is 13.1 Å². The molecule has 0 aliphatic rings. The van der Waals surface area contributed by atoms with Gasteiger partial charge in [0.15, 0.2) is 0 Å². The van der Waals surface area contributed by atoms with Crippen molar-refractivity contribution in [3.8, 4) is 0 Å². The molecule has 1 rings (SSSR count). The smallest absolute Gasteiger partial charge is 0.208 e. The number of benzene rings is 1. The van der Waals surface area contributed by atoms with Crippen molar-refractivity contribution < 1.29 is 8.42 Å². The molecule has 2 N–H and O–H groups in total. The summed E-state index contributed by atoms with van der Waals surface area (Å²) in [6.07, 6.45) is 1.16. The average molecular weight is 321 g/mol. The first-order valence-corrected chi connectivity index (χ1v) is 8.00. The van der Waals surface area contributed by atoms with Crippen LogP contribution in [0, 0.1) is 0 Å².